The molecular weight excluding hydrogens is 250 g/mol. The first-order valence-corrected chi connectivity index (χ1v) is 6.34. The van der Waals surface area contributed by atoms with Crippen molar-refractivity contribution in [1.29, 1.82) is 5.26 Å². The molecule has 0 fully saturated rings. The standard InChI is InChI=1S/C17H15NO2/c1-12-9-14(13(2)19)7-8-17(12)20-11-16-6-4-3-5-15(16)10-18/h3-9H,11H2,1-2H3. The van der Waals surface area contributed by atoms with Crippen LogP contribution in [0.4, 0.5) is 0 Å². The average molecular weight is 265 g/mol. The van der Waals surface area contributed by atoms with E-state index >= 15 is 0 Å². The van der Waals surface area contributed by atoms with Crippen molar-refractivity contribution in [2.24, 2.45) is 0 Å². The molecule has 2 aromatic carbocycles. The van der Waals surface area contributed by atoms with Gasteiger partial charge in [0.1, 0.15) is 12.4 Å². The van der Waals surface area contributed by atoms with Crippen LogP contribution in [0, 0.1) is 18.3 Å². The van der Waals surface area contributed by atoms with E-state index in [1.807, 2.05) is 31.2 Å². The van der Waals surface area contributed by atoms with Gasteiger partial charge in [-0.15, -0.1) is 0 Å². The fraction of sp³-hybridized carbons (Fsp3) is 0.176. The minimum atomic E-state index is 0.0366. The number of nitrogens with zero attached hydrogens (tertiary/aromatic N) is 1. The molecule has 0 saturated carbocycles. The Bertz CT molecular complexity index is 684. The lowest BCUT2D eigenvalue weighted by Crippen LogP contribution is -2.00. The number of carbonyl (C=O) groups is 1. The van der Waals surface area contributed by atoms with E-state index in [-0.39, 0.29) is 5.78 Å². The van der Waals surface area contributed by atoms with Gasteiger partial charge in [-0.2, -0.15) is 5.26 Å². The zero-order valence-electron chi connectivity index (χ0n) is 11.5. The summed E-state index contributed by atoms with van der Waals surface area (Å²) in [5.74, 6) is 0.761. The molecule has 0 radical (unpaired) electrons. The highest BCUT2D eigenvalue weighted by Crippen LogP contribution is 2.21. The van der Waals surface area contributed by atoms with Crippen LogP contribution in [0.25, 0.3) is 0 Å². The van der Waals surface area contributed by atoms with E-state index in [4.69, 9.17) is 10.00 Å². The van der Waals surface area contributed by atoms with Gasteiger partial charge in [-0.05, 0) is 43.7 Å². The van der Waals surface area contributed by atoms with Crippen molar-refractivity contribution in [3.63, 3.8) is 0 Å². The minimum absolute atomic E-state index is 0.0366. The van der Waals surface area contributed by atoms with Crippen LogP contribution >= 0.6 is 0 Å². The molecule has 0 aliphatic heterocycles. The van der Waals surface area contributed by atoms with Crippen molar-refractivity contribution in [1.82, 2.24) is 0 Å². The summed E-state index contributed by atoms with van der Waals surface area (Å²) >= 11 is 0. The molecule has 0 saturated heterocycles. The van der Waals surface area contributed by atoms with Gasteiger partial charge >= 0.3 is 0 Å². The maximum Gasteiger partial charge on any atom is 0.159 e. The molecule has 2 aromatic rings. The topological polar surface area (TPSA) is 50.1 Å². The maximum atomic E-state index is 11.3. The number of carbonyl (C=O) groups excluding carboxylic acids is 1. The third kappa shape index (κ3) is 3.04. The third-order valence-corrected chi connectivity index (χ3v) is 3.10. The summed E-state index contributed by atoms with van der Waals surface area (Å²) in [4.78, 5) is 11.3. The molecule has 2 rings (SSSR count). The molecule has 3 nitrogen and oxygen atoms in total. The highest BCUT2D eigenvalue weighted by Gasteiger charge is 2.06. The predicted molar refractivity (Wildman–Crippen MR) is 76.7 cm³/mol. The predicted octanol–water partition coefficient (Wildman–Crippen LogP) is 3.65. The Hall–Kier alpha value is -2.60. The number of benzene rings is 2. The molecule has 0 aliphatic carbocycles. The number of hydrogen-bond donors (Lipinski definition) is 0. The van der Waals surface area contributed by atoms with E-state index in [1.165, 1.54) is 0 Å². The summed E-state index contributed by atoms with van der Waals surface area (Å²) < 4.78 is 5.74. The zero-order chi connectivity index (χ0) is 14.5. The van der Waals surface area contributed by atoms with E-state index in [0.29, 0.717) is 17.7 Å². The Balaban J connectivity index is 2.16. The first-order chi connectivity index (χ1) is 9.61. The Morgan fingerprint density at radius 3 is 2.65 bits per heavy atom. The Labute approximate surface area is 118 Å². The van der Waals surface area contributed by atoms with Gasteiger partial charge in [-0.3, -0.25) is 4.79 Å². The smallest absolute Gasteiger partial charge is 0.159 e. The highest BCUT2D eigenvalue weighted by atomic mass is 16.5. The number of ketones is 1. The van der Waals surface area contributed by atoms with Crippen molar-refractivity contribution in [3.8, 4) is 11.8 Å². The van der Waals surface area contributed by atoms with Crippen LogP contribution in [0.5, 0.6) is 5.75 Å². The number of nitriles is 1. The van der Waals surface area contributed by atoms with Crippen LogP contribution in [-0.4, -0.2) is 5.78 Å². The summed E-state index contributed by atoms with van der Waals surface area (Å²) in [7, 11) is 0. The van der Waals surface area contributed by atoms with Gasteiger partial charge in [-0.1, -0.05) is 18.2 Å². The van der Waals surface area contributed by atoms with E-state index < -0.39 is 0 Å². The molecule has 100 valence electrons. The first-order valence-electron chi connectivity index (χ1n) is 6.34. The molecule has 0 atom stereocenters. The van der Waals surface area contributed by atoms with Gasteiger partial charge in [0.15, 0.2) is 5.78 Å². The molecule has 20 heavy (non-hydrogen) atoms. The quantitative estimate of drug-likeness (QED) is 0.793. The van der Waals surface area contributed by atoms with Gasteiger partial charge in [0.2, 0.25) is 0 Å². The molecule has 0 N–H and O–H groups in total. The second kappa shape index (κ2) is 6.03. The number of aryl methyl sites for hydroxylation is 1. The van der Waals surface area contributed by atoms with E-state index in [2.05, 4.69) is 6.07 Å². The molecule has 0 spiro atoms. The van der Waals surface area contributed by atoms with Gasteiger partial charge in [0, 0.05) is 11.1 Å². The monoisotopic (exact) mass is 265 g/mol. The molecular formula is C17H15NO2. The van der Waals surface area contributed by atoms with Crippen molar-refractivity contribution in [3.05, 3.63) is 64.7 Å². The minimum Gasteiger partial charge on any atom is -0.489 e. The van der Waals surface area contributed by atoms with Crippen molar-refractivity contribution in [2.75, 3.05) is 0 Å². The van der Waals surface area contributed by atoms with Crippen LogP contribution in [0.1, 0.15) is 34.0 Å². The molecule has 0 aliphatic rings. The van der Waals surface area contributed by atoms with E-state index in [9.17, 15) is 4.79 Å². The van der Waals surface area contributed by atoms with E-state index in [0.717, 1.165) is 16.9 Å². The molecule has 0 aromatic heterocycles. The summed E-state index contributed by atoms with van der Waals surface area (Å²) in [6.45, 7) is 3.78. The number of ether oxygens (including phenoxy) is 1. The van der Waals surface area contributed by atoms with E-state index in [1.54, 1.807) is 25.1 Å². The second-order valence-corrected chi connectivity index (χ2v) is 4.59. The highest BCUT2D eigenvalue weighted by molar-refractivity contribution is 5.94. The van der Waals surface area contributed by atoms with Crippen LogP contribution < -0.4 is 4.74 Å². The fourth-order valence-electron chi connectivity index (χ4n) is 1.94. The lowest BCUT2D eigenvalue weighted by molar-refractivity contribution is 0.101. The van der Waals surface area contributed by atoms with Gasteiger partial charge in [-0.25, -0.2) is 0 Å². The lowest BCUT2D eigenvalue weighted by atomic mass is 10.1. The van der Waals surface area contributed by atoms with Gasteiger partial charge < -0.3 is 4.74 Å². The van der Waals surface area contributed by atoms with Crippen LogP contribution in [0.15, 0.2) is 42.5 Å². The van der Waals surface area contributed by atoms with Gasteiger partial charge in [0.25, 0.3) is 0 Å². The molecule has 0 bridgehead atoms. The molecule has 0 unspecified atom stereocenters. The molecule has 0 amide bonds. The van der Waals surface area contributed by atoms with Crippen LogP contribution in [0.3, 0.4) is 0 Å². The maximum absolute atomic E-state index is 11.3. The number of hydrogen-bond acceptors (Lipinski definition) is 3. The summed E-state index contributed by atoms with van der Waals surface area (Å²) in [5, 5.41) is 9.02. The van der Waals surface area contributed by atoms with Crippen molar-refractivity contribution < 1.29 is 9.53 Å². The SMILES string of the molecule is CC(=O)c1ccc(OCc2ccccc2C#N)c(C)c1. The Kier molecular flexibility index (Phi) is 4.17. The normalized spacial score (nSPS) is 9.85. The number of Topliss-reactive ketones (excluding diaryl/α,β-unsaturated/α-hetero) is 1. The van der Waals surface area contributed by atoms with Crippen LogP contribution in [0.2, 0.25) is 0 Å². The largest absolute Gasteiger partial charge is 0.489 e. The van der Waals surface area contributed by atoms with Crippen molar-refractivity contribution >= 4 is 5.78 Å². The Morgan fingerprint density at radius 1 is 1.25 bits per heavy atom. The second-order valence-electron chi connectivity index (χ2n) is 4.59. The Morgan fingerprint density at radius 2 is 2.00 bits per heavy atom. The zero-order valence-corrected chi connectivity index (χ0v) is 11.5. The number of rotatable bonds is 4. The molecule has 0 heterocycles. The first kappa shape index (κ1) is 13.8. The summed E-state index contributed by atoms with van der Waals surface area (Å²) in [6, 6.07) is 14.9. The fourth-order valence-corrected chi connectivity index (χ4v) is 1.94. The van der Waals surface area contributed by atoms with Crippen molar-refractivity contribution in [2.45, 2.75) is 20.5 Å². The third-order valence-electron chi connectivity index (χ3n) is 3.10. The molecule has 3 heteroatoms. The summed E-state index contributed by atoms with van der Waals surface area (Å²) in [5.41, 5.74) is 3.05. The van der Waals surface area contributed by atoms with Crippen LogP contribution in [-0.2, 0) is 6.61 Å². The lowest BCUT2D eigenvalue weighted by Gasteiger charge is -2.10. The average Bonchev–Trinajstić information content (AvgIpc) is 2.46. The van der Waals surface area contributed by atoms with Gasteiger partial charge in [0.05, 0.1) is 11.6 Å². The summed E-state index contributed by atoms with van der Waals surface area (Å²) in [6.07, 6.45) is 0.